The van der Waals surface area contributed by atoms with Crippen molar-refractivity contribution < 1.29 is 14.7 Å². The van der Waals surface area contributed by atoms with E-state index in [4.69, 9.17) is 0 Å². The van der Waals surface area contributed by atoms with Gasteiger partial charge in [0.2, 0.25) is 0 Å². The summed E-state index contributed by atoms with van der Waals surface area (Å²) in [5.74, 6) is -1.32. The molecule has 2 amide bonds. The topological polar surface area (TPSA) is 78.4 Å². The molecule has 0 bridgehead atoms. The molecule has 0 saturated heterocycles. The first-order chi connectivity index (χ1) is 12.0. The van der Waals surface area contributed by atoms with E-state index in [-0.39, 0.29) is 12.5 Å². The molecule has 132 valence electrons. The molecule has 1 unspecified atom stereocenters. The third-order valence-corrected chi connectivity index (χ3v) is 3.96. The summed E-state index contributed by atoms with van der Waals surface area (Å²) in [6.45, 7) is 4.06. The van der Waals surface area contributed by atoms with E-state index < -0.39 is 17.9 Å². The van der Waals surface area contributed by atoms with Crippen molar-refractivity contribution >= 4 is 17.5 Å². The number of amides is 2. The Morgan fingerprint density at radius 3 is 2.28 bits per heavy atom. The maximum absolute atomic E-state index is 12.1. The number of carbonyl (C=O) groups is 2. The van der Waals surface area contributed by atoms with E-state index in [1.54, 1.807) is 12.1 Å². The molecular weight excluding hydrogens is 316 g/mol. The Labute approximate surface area is 148 Å². The van der Waals surface area contributed by atoms with Gasteiger partial charge in [-0.2, -0.15) is 0 Å². The molecule has 0 aliphatic rings. The van der Waals surface area contributed by atoms with Gasteiger partial charge in [0.05, 0.1) is 6.10 Å². The Morgan fingerprint density at radius 2 is 1.60 bits per heavy atom. The first kappa shape index (κ1) is 18.7. The highest BCUT2D eigenvalue weighted by molar-refractivity contribution is 6.39. The van der Waals surface area contributed by atoms with Crippen LogP contribution in [0.3, 0.4) is 0 Å². The molecule has 25 heavy (non-hydrogen) atoms. The second-order valence-electron chi connectivity index (χ2n) is 6.22. The van der Waals surface area contributed by atoms with Gasteiger partial charge in [0.25, 0.3) is 0 Å². The van der Waals surface area contributed by atoms with E-state index >= 15 is 0 Å². The number of aliphatic hydroxyl groups is 1. The number of benzene rings is 2. The Balaban J connectivity index is 1.98. The van der Waals surface area contributed by atoms with Crippen molar-refractivity contribution in [3.8, 4) is 11.1 Å². The number of rotatable bonds is 6. The molecule has 0 spiro atoms. The van der Waals surface area contributed by atoms with Gasteiger partial charge in [-0.3, -0.25) is 9.59 Å². The molecule has 0 radical (unpaired) electrons. The standard InChI is InChI=1S/C20H24N2O3/c1-14(2)18(23)12-13-21-19(24)20(25)22-17-11-7-6-10-16(17)15-8-4-3-5-9-15/h3-11,14,18,23H,12-13H2,1-2H3,(H,21,24)(H,22,25). The lowest BCUT2D eigenvalue weighted by molar-refractivity contribution is -0.136. The Kier molecular flexibility index (Phi) is 6.71. The van der Waals surface area contributed by atoms with Crippen molar-refractivity contribution in [1.29, 1.82) is 0 Å². The molecule has 0 saturated carbocycles. The van der Waals surface area contributed by atoms with Crippen molar-refractivity contribution in [2.45, 2.75) is 26.4 Å². The molecule has 2 rings (SSSR count). The Morgan fingerprint density at radius 1 is 0.960 bits per heavy atom. The molecule has 0 aromatic heterocycles. The SMILES string of the molecule is CC(C)C(O)CCNC(=O)C(=O)Nc1ccccc1-c1ccccc1. The molecule has 0 fully saturated rings. The minimum absolute atomic E-state index is 0.114. The fourth-order valence-electron chi connectivity index (χ4n) is 2.39. The average molecular weight is 340 g/mol. The maximum Gasteiger partial charge on any atom is 0.313 e. The molecule has 5 heteroatoms. The van der Waals surface area contributed by atoms with E-state index in [1.165, 1.54) is 0 Å². The minimum Gasteiger partial charge on any atom is -0.393 e. The van der Waals surface area contributed by atoms with Gasteiger partial charge in [-0.15, -0.1) is 0 Å². The smallest absolute Gasteiger partial charge is 0.313 e. The second kappa shape index (κ2) is 8.99. The van der Waals surface area contributed by atoms with Crippen LogP contribution in [0.25, 0.3) is 11.1 Å². The van der Waals surface area contributed by atoms with E-state index in [0.717, 1.165) is 11.1 Å². The fraction of sp³-hybridized carbons (Fsp3) is 0.300. The molecule has 5 nitrogen and oxygen atoms in total. The van der Waals surface area contributed by atoms with E-state index in [1.807, 2.05) is 56.3 Å². The molecule has 2 aromatic carbocycles. The van der Waals surface area contributed by atoms with Gasteiger partial charge in [-0.1, -0.05) is 62.4 Å². The summed E-state index contributed by atoms with van der Waals surface area (Å²) in [6.07, 6.45) is -0.0840. The molecule has 3 N–H and O–H groups in total. The molecule has 0 aliphatic carbocycles. The summed E-state index contributed by atoms with van der Waals surface area (Å²) in [5.41, 5.74) is 2.38. The third kappa shape index (κ3) is 5.43. The monoisotopic (exact) mass is 340 g/mol. The Hall–Kier alpha value is -2.66. The number of hydrogen-bond donors (Lipinski definition) is 3. The average Bonchev–Trinajstić information content (AvgIpc) is 2.62. The van der Waals surface area contributed by atoms with Gasteiger partial charge in [0.1, 0.15) is 0 Å². The number of anilines is 1. The van der Waals surface area contributed by atoms with Gasteiger partial charge in [0.15, 0.2) is 0 Å². The van der Waals surface area contributed by atoms with Crippen LogP contribution in [0.2, 0.25) is 0 Å². The highest BCUT2D eigenvalue weighted by atomic mass is 16.3. The summed E-state index contributed by atoms with van der Waals surface area (Å²) >= 11 is 0. The van der Waals surface area contributed by atoms with Crippen LogP contribution >= 0.6 is 0 Å². The van der Waals surface area contributed by atoms with Gasteiger partial charge in [-0.05, 0) is 24.0 Å². The lowest BCUT2D eigenvalue weighted by atomic mass is 10.0. The lowest BCUT2D eigenvalue weighted by Gasteiger charge is -2.14. The third-order valence-electron chi connectivity index (χ3n) is 3.96. The van der Waals surface area contributed by atoms with Crippen molar-refractivity contribution in [2.75, 3.05) is 11.9 Å². The first-order valence-electron chi connectivity index (χ1n) is 8.40. The maximum atomic E-state index is 12.1. The van der Waals surface area contributed by atoms with Gasteiger partial charge in [0, 0.05) is 17.8 Å². The van der Waals surface area contributed by atoms with Crippen LogP contribution in [-0.2, 0) is 9.59 Å². The largest absolute Gasteiger partial charge is 0.393 e. The van der Waals surface area contributed by atoms with Crippen LogP contribution < -0.4 is 10.6 Å². The van der Waals surface area contributed by atoms with Crippen LogP contribution in [0.1, 0.15) is 20.3 Å². The normalized spacial score (nSPS) is 11.8. The van der Waals surface area contributed by atoms with Crippen molar-refractivity contribution in [1.82, 2.24) is 5.32 Å². The summed E-state index contributed by atoms with van der Waals surface area (Å²) in [5, 5.41) is 14.9. The highest BCUT2D eigenvalue weighted by Gasteiger charge is 2.16. The number of carbonyl (C=O) groups excluding carboxylic acids is 2. The fourth-order valence-corrected chi connectivity index (χ4v) is 2.39. The molecule has 1 atom stereocenters. The van der Waals surface area contributed by atoms with Crippen LogP contribution in [0, 0.1) is 5.92 Å². The second-order valence-corrected chi connectivity index (χ2v) is 6.22. The minimum atomic E-state index is -0.720. The zero-order valence-electron chi connectivity index (χ0n) is 14.5. The summed E-state index contributed by atoms with van der Waals surface area (Å²) in [4.78, 5) is 24.1. The predicted octanol–water partition coefficient (Wildman–Crippen LogP) is 2.82. The zero-order chi connectivity index (χ0) is 18.2. The molecular formula is C20H24N2O3. The van der Waals surface area contributed by atoms with Crippen LogP contribution in [-0.4, -0.2) is 29.6 Å². The molecule has 0 aliphatic heterocycles. The summed E-state index contributed by atoms with van der Waals surface area (Å²) in [6, 6.07) is 17.0. The number of aliphatic hydroxyl groups excluding tert-OH is 1. The predicted molar refractivity (Wildman–Crippen MR) is 99.0 cm³/mol. The number of para-hydroxylation sites is 1. The van der Waals surface area contributed by atoms with Crippen LogP contribution in [0.15, 0.2) is 54.6 Å². The highest BCUT2D eigenvalue weighted by Crippen LogP contribution is 2.27. The lowest BCUT2D eigenvalue weighted by Crippen LogP contribution is -2.37. The van der Waals surface area contributed by atoms with Crippen molar-refractivity contribution in [3.05, 3.63) is 54.6 Å². The first-order valence-corrected chi connectivity index (χ1v) is 8.40. The quantitative estimate of drug-likeness (QED) is 0.708. The van der Waals surface area contributed by atoms with Crippen LogP contribution in [0.5, 0.6) is 0 Å². The van der Waals surface area contributed by atoms with Crippen molar-refractivity contribution in [2.24, 2.45) is 5.92 Å². The van der Waals surface area contributed by atoms with Crippen molar-refractivity contribution in [3.63, 3.8) is 0 Å². The van der Waals surface area contributed by atoms with E-state index in [0.29, 0.717) is 12.1 Å². The summed E-state index contributed by atoms with van der Waals surface area (Å²) in [7, 11) is 0. The van der Waals surface area contributed by atoms with Gasteiger partial charge in [-0.25, -0.2) is 0 Å². The number of hydrogen-bond acceptors (Lipinski definition) is 3. The van der Waals surface area contributed by atoms with E-state index in [9.17, 15) is 14.7 Å². The molecule has 0 heterocycles. The molecule has 2 aromatic rings. The van der Waals surface area contributed by atoms with Crippen LogP contribution in [0.4, 0.5) is 5.69 Å². The van der Waals surface area contributed by atoms with Gasteiger partial charge >= 0.3 is 11.8 Å². The van der Waals surface area contributed by atoms with E-state index in [2.05, 4.69) is 10.6 Å². The zero-order valence-corrected chi connectivity index (χ0v) is 14.5. The van der Waals surface area contributed by atoms with Gasteiger partial charge < -0.3 is 15.7 Å². The summed E-state index contributed by atoms with van der Waals surface area (Å²) < 4.78 is 0. The number of nitrogens with one attached hydrogen (secondary N) is 2. The Bertz CT molecular complexity index is 714.